The first-order chi connectivity index (χ1) is 11.5. The van der Waals surface area contributed by atoms with Crippen molar-refractivity contribution in [2.75, 3.05) is 11.9 Å². The van der Waals surface area contributed by atoms with E-state index in [1.165, 1.54) is 5.56 Å². The average molecular weight is 324 g/mol. The number of amides is 2. The van der Waals surface area contributed by atoms with Gasteiger partial charge in [-0.2, -0.15) is 0 Å². The van der Waals surface area contributed by atoms with Crippen molar-refractivity contribution in [3.05, 3.63) is 65.2 Å². The molecule has 0 radical (unpaired) electrons. The molecule has 0 aromatic heterocycles. The molecule has 0 unspecified atom stereocenters. The lowest BCUT2D eigenvalue weighted by Gasteiger charge is -2.13. The largest absolute Gasteiger partial charge is 0.347 e. The third-order valence-corrected chi connectivity index (χ3v) is 3.82. The molecular weight excluding hydrogens is 300 g/mol. The van der Waals surface area contributed by atoms with Crippen LogP contribution in [0.3, 0.4) is 0 Å². The van der Waals surface area contributed by atoms with Gasteiger partial charge in [0.05, 0.1) is 0 Å². The summed E-state index contributed by atoms with van der Waals surface area (Å²) in [5, 5.41) is 5.37. The third-order valence-electron chi connectivity index (χ3n) is 3.82. The molecule has 126 valence electrons. The first-order valence-electron chi connectivity index (χ1n) is 8.21. The van der Waals surface area contributed by atoms with Crippen LogP contribution in [0.15, 0.2) is 48.5 Å². The number of carbonyl (C=O) groups is 2. The van der Waals surface area contributed by atoms with E-state index in [1.54, 1.807) is 0 Å². The molecular formula is C20H24N2O2. The van der Waals surface area contributed by atoms with E-state index in [0.29, 0.717) is 18.7 Å². The fourth-order valence-electron chi connectivity index (χ4n) is 2.56. The molecule has 0 saturated carbocycles. The number of rotatable bonds is 5. The Morgan fingerprint density at radius 2 is 1.75 bits per heavy atom. The number of benzene rings is 2. The van der Waals surface area contributed by atoms with Crippen LogP contribution < -0.4 is 10.6 Å². The Labute approximate surface area is 143 Å². The van der Waals surface area contributed by atoms with Crippen LogP contribution >= 0.6 is 0 Å². The summed E-state index contributed by atoms with van der Waals surface area (Å²) in [4.78, 5) is 24.0. The highest BCUT2D eigenvalue weighted by atomic mass is 16.2. The SMILES string of the molecule is Cc1cccc(CCNC(=O)C(=O)Nc2ccccc2C(C)C)c1. The van der Waals surface area contributed by atoms with E-state index < -0.39 is 11.8 Å². The molecule has 0 aliphatic carbocycles. The molecule has 0 saturated heterocycles. The van der Waals surface area contributed by atoms with Gasteiger partial charge in [0.1, 0.15) is 0 Å². The van der Waals surface area contributed by atoms with Crippen LogP contribution in [0.25, 0.3) is 0 Å². The second-order valence-electron chi connectivity index (χ2n) is 6.19. The smallest absolute Gasteiger partial charge is 0.313 e. The van der Waals surface area contributed by atoms with Crippen LogP contribution in [-0.2, 0) is 16.0 Å². The fraction of sp³-hybridized carbons (Fsp3) is 0.300. The second kappa shape index (κ2) is 8.29. The summed E-state index contributed by atoms with van der Waals surface area (Å²) >= 11 is 0. The predicted octanol–water partition coefficient (Wildman–Crippen LogP) is 3.42. The topological polar surface area (TPSA) is 58.2 Å². The van der Waals surface area contributed by atoms with Crippen molar-refractivity contribution in [3.63, 3.8) is 0 Å². The van der Waals surface area contributed by atoms with Gasteiger partial charge in [-0.1, -0.05) is 61.9 Å². The maximum atomic E-state index is 12.1. The highest BCUT2D eigenvalue weighted by Gasteiger charge is 2.15. The minimum absolute atomic E-state index is 0.269. The standard InChI is InChI=1S/C20H24N2O2/c1-14(2)17-9-4-5-10-18(17)22-20(24)19(23)21-12-11-16-8-6-7-15(3)13-16/h4-10,13-14H,11-12H2,1-3H3,(H,21,23)(H,22,24). The second-order valence-corrected chi connectivity index (χ2v) is 6.19. The van der Waals surface area contributed by atoms with Crippen LogP contribution in [-0.4, -0.2) is 18.4 Å². The molecule has 2 N–H and O–H groups in total. The van der Waals surface area contributed by atoms with E-state index in [2.05, 4.69) is 16.7 Å². The predicted molar refractivity (Wildman–Crippen MR) is 97.1 cm³/mol. The number of hydrogen-bond donors (Lipinski definition) is 2. The van der Waals surface area contributed by atoms with Gasteiger partial charge in [0.15, 0.2) is 0 Å². The summed E-state index contributed by atoms with van der Waals surface area (Å²) in [6, 6.07) is 15.6. The molecule has 24 heavy (non-hydrogen) atoms. The van der Waals surface area contributed by atoms with Gasteiger partial charge >= 0.3 is 11.8 Å². The summed E-state index contributed by atoms with van der Waals surface area (Å²) in [7, 11) is 0. The zero-order valence-electron chi connectivity index (χ0n) is 14.4. The summed E-state index contributed by atoms with van der Waals surface area (Å²) in [6.07, 6.45) is 0.698. The summed E-state index contributed by atoms with van der Waals surface area (Å²) < 4.78 is 0. The van der Waals surface area contributed by atoms with E-state index in [0.717, 1.165) is 11.1 Å². The van der Waals surface area contributed by atoms with Gasteiger partial charge in [-0.15, -0.1) is 0 Å². The molecule has 2 rings (SSSR count). The Hall–Kier alpha value is -2.62. The van der Waals surface area contributed by atoms with Crippen molar-refractivity contribution < 1.29 is 9.59 Å². The van der Waals surface area contributed by atoms with Crippen molar-refractivity contribution in [2.24, 2.45) is 0 Å². The molecule has 4 heteroatoms. The molecule has 0 aliphatic heterocycles. The van der Waals surface area contributed by atoms with E-state index in [9.17, 15) is 9.59 Å². The Morgan fingerprint density at radius 3 is 2.46 bits per heavy atom. The van der Waals surface area contributed by atoms with Crippen LogP contribution in [0.5, 0.6) is 0 Å². The van der Waals surface area contributed by atoms with Gasteiger partial charge in [-0.3, -0.25) is 9.59 Å². The number of anilines is 1. The fourth-order valence-corrected chi connectivity index (χ4v) is 2.56. The Kier molecular flexibility index (Phi) is 6.13. The Bertz CT molecular complexity index is 723. The quantitative estimate of drug-likeness (QED) is 0.828. The van der Waals surface area contributed by atoms with Gasteiger partial charge in [-0.25, -0.2) is 0 Å². The Balaban J connectivity index is 1.88. The van der Waals surface area contributed by atoms with E-state index in [1.807, 2.05) is 63.2 Å². The van der Waals surface area contributed by atoms with E-state index in [-0.39, 0.29) is 5.92 Å². The number of carbonyl (C=O) groups excluding carboxylic acids is 2. The van der Waals surface area contributed by atoms with Gasteiger partial charge in [0.25, 0.3) is 0 Å². The third kappa shape index (κ3) is 4.95. The molecule has 0 aliphatic rings. The van der Waals surface area contributed by atoms with E-state index >= 15 is 0 Å². The van der Waals surface area contributed by atoms with Crippen molar-refractivity contribution in [3.8, 4) is 0 Å². The molecule has 0 bridgehead atoms. The normalized spacial score (nSPS) is 10.5. The monoisotopic (exact) mass is 324 g/mol. The molecule has 2 aromatic rings. The maximum Gasteiger partial charge on any atom is 0.313 e. The summed E-state index contributed by atoms with van der Waals surface area (Å²) in [5.74, 6) is -0.973. The zero-order chi connectivity index (χ0) is 17.5. The van der Waals surface area contributed by atoms with E-state index in [4.69, 9.17) is 0 Å². The summed E-state index contributed by atoms with van der Waals surface area (Å²) in [6.45, 7) is 6.56. The van der Waals surface area contributed by atoms with Crippen LogP contribution in [0.1, 0.15) is 36.5 Å². The van der Waals surface area contributed by atoms with Crippen LogP contribution in [0, 0.1) is 6.92 Å². The molecule has 0 spiro atoms. The van der Waals surface area contributed by atoms with Crippen LogP contribution in [0.2, 0.25) is 0 Å². The molecule has 0 heterocycles. The molecule has 0 atom stereocenters. The van der Waals surface area contributed by atoms with Crippen molar-refractivity contribution in [2.45, 2.75) is 33.1 Å². The van der Waals surface area contributed by atoms with Gasteiger partial charge in [0.2, 0.25) is 0 Å². The van der Waals surface area contributed by atoms with Crippen molar-refractivity contribution >= 4 is 17.5 Å². The molecule has 2 aromatic carbocycles. The van der Waals surface area contributed by atoms with Crippen molar-refractivity contribution in [1.29, 1.82) is 0 Å². The lowest BCUT2D eigenvalue weighted by Crippen LogP contribution is -2.36. The number of hydrogen-bond acceptors (Lipinski definition) is 2. The van der Waals surface area contributed by atoms with Crippen molar-refractivity contribution in [1.82, 2.24) is 5.32 Å². The Morgan fingerprint density at radius 1 is 1.00 bits per heavy atom. The van der Waals surface area contributed by atoms with Gasteiger partial charge in [0, 0.05) is 12.2 Å². The molecule has 2 amide bonds. The first-order valence-corrected chi connectivity index (χ1v) is 8.21. The van der Waals surface area contributed by atoms with Crippen LogP contribution in [0.4, 0.5) is 5.69 Å². The first kappa shape index (κ1) is 17.7. The zero-order valence-corrected chi connectivity index (χ0v) is 14.4. The molecule has 0 fully saturated rings. The molecule has 4 nitrogen and oxygen atoms in total. The lowest BCUT2D eigenvalue weighted by atomic mass is 10.0. The minimum atomic E-state index is -0.632. The maximum absolute atomic E-state index is 12.1. The highest BCUT2D eigenvalue weighted by molar-refractivity contribution is 6.39. The lowest BCUT2D eigenvalue weighted by molar-refractivity contribution is -0.136. The average Bonchev–Trinajstić information content (AvgIpc) is 2.55. The number of aryl methyl sites for hydroxylation is 1. The number of nitrogens with one attached hydrogen (secondary N) is 2. The number of para-hydroxylation sites is 1. The minimum Gasteiger partial charge on any atom is -0.347 e. The summed E-state index contributed by atoms with van der Waals surface area (Å²) in [5.41, 5.74) is 4.02. The highest BCUT2D eigenvalue weighted by Crippen LogP contribution is 2.23. The van der Waals surface area contributed by atoms with Gasteiger partial charge < -0.3 is 10.6 Å². The van der Waals surface area contributed by atoms with Gasteiger partial charge in [-0.05, 0) is 36.5 Å².